The Morgan fingerprint density at radius 2 is 1.09 bits per heavy atom. The van der Waals surface area contributed by atoms with Gasteiger partial charge in [-0.2, -0.15) is 0 Å². The second-order valence-corrected chi connectivity index (χ2v) is 11.3. The average molecular weight is 333 g/mol. The average Bonchev–Trinajstić information content (AvgIpc) is 2.51. The number of hydrogen-bond donors (Lipinski definition) is 0. The zero-order chi connectivity index (χ0) is 16.5. The zero-order valence-electron chi connectivity index (χ0n) is 15.6. The lowest BCUT2D eigenvalue weighted by molar-refractivity contribution is 0.100. The van der Waals surface area contributed by atoms with Crippen molar-refractivity contribution in [1.82, 2.24) is 0 Å². The first-order valence-corrected chi connectivity index (χ1v) is 12.4. The first-order valence-electron chi connectivity index (χ1n) is 9.24. The highest BCUT2D eigenvalue weighted by atomic mass is 28.4. The van der Waals surface area contributed by atoms with Crippen molar-refractivity contribution >= 4 is 8.32 Å². The Morgan fingerprint density at radius 3 is 1.64 bits per heavy atom. The third-order valence-electron chi connectivity index (χ3n) is 4.26. The highest BCUT2D eigenvalue weighted by Crippen LogP contribution is 2.16. The Morgan fingerprint density at radius 1 is 0.591 bits per heavy atom. The van der Waals surface area contributed by atoms with Gasteiger partial charge in [0.2, 0.25) is 0 Å². The lowest BCUT2D eigenvalue weighted by Crippen LogP contribution is -2.27. The molecule has 3 nitrogen and oxygen atoms in total. The summed E-state index contributed by atoms with van der Waals surface area (Å²) in [5.74, 6) is 0. The van der Waals surface area contributed by atoms with Crippen molar-refractivity contribution in [1.29, 1.82) is 0 Å². The third-order valence-corrected chi connectivity index (χ3v) is 6.92. The van der Waals surface area contributed by atoms with Gasteiger partial charge in [-0.1, -0.05) is 51.4 Å². The minimum Gasteiger partial charge on any atom is -0.420 e. The van der Waals surface area contributed by atoms with Gasteiger partial charge in [0.1, 0.15) is 0 Å². The zero-order valence-corrected chi connectivity index (χ0v) is 16.6. The van der Waals surface area contributed by atoms with E-state index >= 15 is 0 Å². The number of rotatable bonds is 17. The Hall–Kier alpha value is 0.0969. The standard InChI is InChI=1S/C18H40O3Si/c1-19-15-14-17-21-16-12-10-8-6-5-7-9-11-13-18-22(3,4)20-2/h5-18H2,1-4H3. The van der Waals surface area contributed by atoms with E-state index in [0.717, 1.165) is 26.2 Å². The maximum Gasteiger partial charge on any atom is 0.186 e. The summed E-state index contributed by atoms with van der Waals surface area (Å²) in [6.45, 7) is 7.20. The summed E-state index contributed by atoms with van der Waals surface area (Å²) >= 11 is 0. The van der Waals surface area contributed by atoms with Crippen LogP contribution in [0.15, 0.2) is 0 Å². The second-order valence-electron chi connectivity index (χ2n) is 6.85. The van der Waals surface area contributed by atoms with Crippen LogP contribution in [0.4, 0.5) is 0 Å². The van der Waals surface area contributed by atoms with Crippen LogP contribution in [-0.4, -0.2) is 42.4 Å². The largest absolute Gasteiger partial charge is 0.420 e. The maximum absolute atomic E-state index is 5.58. The van der Waals surface area contributed by atoms with E-state index in [9.17, 15) is 0 Å². The smallest absolute Gasteiger partial charge is 0.186 e. The van der Waals surface area contributed by atoms with Gasteiger partial charge in [-0.15, -0.1) is 0 Å². The first kappa shape index (κ1) is 22.1. The van der Waals surface area contributed by atoms with Crippen LogP contribution < -0.4 is 0 Å². The molecule has 0 aliphatic heterocycles. The molecule has 0 saturated carbocycles. The molecular formula is C18H40O3Si. The van der Waals surface area contributed by atoms with E-state index in [-0.39, 0.29) is 0 Å². The minimum atomic E-state index is -1.30. The highest BCUT2D eigenvalue weighted by molar-refractivity contribution is 6.71. The molecule has 0 aliphatic carbocycles. The van der Waals surface area contributed by atoms with Crippen molar-refractivity contribution in [2.75, 3.05) is 34.0 Å². The lowest BCUT2D eigenvalue weighted by Gasteiger charge is -2.19. The number of ether oxygens (including phenoxy) is 2. The highest BCUT2D eigenvalue weighted by Gasteiger charge is 2.18. The Kier molecular flexibility index (Phi) is 16.0. The van der Waals surface area contributed by atoms with Gasteiger partial charge in [0.25, 0.3) is 0 Å². The summed E-state index contributed by atoms with van der Waals surface area (Å²) < 4.78 is 16.1. The number of hydrogen-bond acceptors (Lipinski definition) is 3. The molecule has 0 aromatic rings. The molecule has 0 atom stereocenters. The predicted molar refractivity (Wildman–Crippen MR) is 98.2 cm³/mol. The van der Waals surface area contributed by atoms with Gasteiger partial charge in [-0.25, -0.2) is 0 Å². The number of unbranched alkanes of at least 4 members (excludes halogenated alkanes) is 8. The van der Waals surface area contributed by atoms with E-state index < -0.39 is 8.32 Å². The normalized spacial score (nSPS) is 12.0. The van der Waals surface area contributed by atoms with Gasteiger partial charge in [0, 0.05) is 34.0 Å². The Balaban J connectivity index is 3.06. The molecule has 0 amide bonds. The van der Waals surface area contributed by atoms with Crippen LogP contribution in [-0.2, 0) is 13.9 Å². The van der Waals surface area contributed by atoms with E-state index in [1.54, 1.807) is 7.11 Å². The molecule has 0 bridgehead atoms. The van der Waals surface area contributed by atoms with Gasteiger partial charge in [0.05, 0.1) is 0 Å². The van der Waals surface area contributed by atoms with Gasteiger partial charge in [0.15, 0.2) is 8.32 Å². The van der Waals surface area contributed by atoms with Gasteiger partial charge in [-0.05, 0) is 32.0 Å². The van der Waals surface area contributed by atoms with E-state index in [2.05, 4.69) is 13.1 Å². The molecule has 0 radical (unpaired) electrons. The van der Waals surface area contributed by atoms with Crippen LogP contribution in [0.1, 0.15) is 64.2 Å². The molecule has 0 aromatic carbocycles. The van der Waals surface area contributed by atoms with E-state index in [1.165, 1.54) is 63.8 Å². The third kappa shape index (κ3) is 16.5. The summed E-state index contributed by atoms with van der Waals surface area (Å²) in [5.41, 5.74) is 0. The van der Waals surface area contributed by atoms with Crippen molar-refractivity contribution in [3.63, 3.8) is 0 Å². The van der Waals surface area contributed by atoms with Crippen LogP contribution in [0, 0.1) is 0 Å². The quantitative estimate of drug-likeness (QED) is 0.263. The Bertz CT molecular complexity index is 222. The fourth-order valence-corrected chi connectivity index (χ4v) is 3.81. The van der Waals surface area contributed by atoms with Gasteiger partial charge >= 0.3 is 0 Å². The van der Waals surface area contributed by atoms with E-state index in [4.69, 9.17) is 13.9 Å². The van der Waals surface area contributed by atoms with Crippen LogP contribution >= 0.6 is 0 Å². The monoisotopic (exact) mass is 332 g/mol. The minimum absolute atomic E-state index is 0.811. The molecule has 0 heterocycles. The predicted octanol–water partition coefficient (Wildman–Crippen LogP) is 5.40. The van der Waals surface area contributed by atoms with Crippen LogP contribution in [0.3, 0.4) is 0 Å². The molecule has 0 aliphatic rings. The van der Waals surface area contributed by atoms with Crippen molar-refractivity contribution in [3.05, 3.63) is 0 Å². The van der Waals surface area contributed by atoms with Crippen LogP contribution in [0.5, 0.6) is 0 Å². The van der Waals surface area contributed by atoms with Crippen molar-refractivity contribution in [2.45, 2.75) is 83.3 Å². The molecule has 0 spiro atoms. The van der Waals surface area contributed by atoms with Crippen molar-refractivity contribution < 1.29 is 13.9 Å². The molecular weight excluding hydrogens is 292 g/mol. The topological polar surface area (TPSA) is 27.7 Å². The van der Waals surface area contributed by atoms with E-state index in [1.807, 2.05) is 7.11 Å². The molecule has 134 valence electrons. The van der Waals surface area contributed by atoms with Crippen LogP contribution in [0.25, 0.3) is 0 Å². The van der Waals surface area contributed by atoms with Gasteiger partial charge in [-0.3, -0.25) is 0 Å². The molecule has 0 rings (SSSR count). The lowest BCUT2D eigenvalue weighted by atomic mass is 10.1. The molecule has 0 saturated heterocycles. The number of methoxy groups -OCH3 is 1. The van der Waals surface area contributed by atoms with E-state index in [0.29, 0.717) is 0 Å². The van der Waals surface area contributed by atoms with Crippen LogP contribution in [0.2, 0.25) is 19.1 Å². The Labute approximate surface area is 140 Å². The molecule has 22 heavy (non-hydrogen) atoms. The summed E-state index contributed by atoms with van der Waals surface area (Å²) in [6, 6.07) is 1.31. The molecule has 0 N–H and O–H groups in total. The summed E-state index contributed by atoms with van der Waals surface area (Å²) in [4.78, 5) is 0. The summed E-state index contributed by atoms with van der Waals surface area (Å²) in [5, 5.41) is 0. The molecule has 0 aromatic heterocycles. The van der Waals surface area contributed by atoms with Crippen molar-refractivity contribution in [3.8, 4) is 0 Å². The first-order chi connectivity index (χ1) is 10.6. The fraction of sp³-hybridized carbons (Fsp3) is 1.00. The molecule has 4 heteroatoms. The van der Waals surface area contributed by atoms with Gasteiger partial charge < -0.3 is 13.9 Å². The molecule has 0 fully saturated rings. The second kappa shape index (κ2) is 16.0. The van der Waals surface area contributed by atoms with Crippen molar-refractivity contribution in [2.24, 2.45) is 0 Å². The SMILES string of the molecule is COCCCOCCCCCCCCCCC[Si](C)(C)OC. The summed E-state index contributed by atoms with van der Waals surface area (Å²) in [7, 11) is 2.31. The fourth-order valence-electron chi connectivity index (χ4n) is 2.50. The maximum atomic E-state index is 5.58. The summed E-state index contributed by atoms with van der Waals surface area (Å²) in [6.07, 6.45) is 13.2. The molecule has 0 unspecified atom stereocenters.